The van der Waals surface area contributed by atoms with Crippen molar-refractivity contribution >= 4 is 11.8 Å². The molecular weight excluding hydrogens is 288 g/mol. The first-order valence-corrected chi connectivity index (χ1v) is 7.83. The van der Waals surface area contributed by atoms with Gasteiger partial charge in [0.05, 0.1) is 12.8 Å². The Labute approximate surface area is 127 Å². The summed E-state index contributed by atoms with van der Waals surface area (Å²) in [5.41, 5.74) is 2.24. The Bertz CT molecular complexity index is 698. The molecule has 112 valence electrons. The Morgan fingerprint density at radius 2 is 2.19 bits per heavy atom. The fourth-order valence-corrected chi connectivity index (χ4v) is 2.53. The molecule has 2 aromatic rings. The van der Waals surface area contributed by atoms with E-state index in [0.717, 1.165) is 11.3 Å². The molecule has 0 saturated carbocycles. The van der Waals surface area contributed by atoms with Gasteiger partial charge in [-0.3, -0.25) is 4.79 Å². The number of ether oxygens (including phenoxy) is 1. The van der Waals surface area contributed by atoms with Gasteiger partial charge in [-0.2, -0.15) is 0 Å². The standard InChI is InChI=1S/C15H18N2O3S/c1-4-11-10(14(19)17-15(16-11)21-3)7-9-5-6-12(18)13(8-9)20-2/h5-6,8,18H,4,7H2,1-3H3,(H,16,17,19). The second-order valence-electron chi connectivity index (χ2n) is 4.54. The smallest absolute Gasteiger partial charge is 0.255 e. The van der Waals surface area contributed by atoms with Crippen molar-refractivity contribution in [2.24, 2.45) is 0 Å². The number of aromatic nitrogens is 2. The van der Waals surface area contributed by atoms with Gasteiger partial charge in [0.1, 0.15) is 0 Å². The number of phenols is 1. The molecule has 0 spiro atoms. The van der Waals surface area contributed by atoms with Crippen molar-refractivity contribution < 1.29 is 9.84 Å². The summed E-state index contributed by atoms with van der Waals surface area (Å²) in [7, 11) is 1.50. The molecule has 6 heteroatoms. The van der Waals surface area contributed by atoms with Gasteiger partial charge < -0.3 is 14.8 Å². The summed E-state index contributed by atoms with van der Waals surface area (Å²) in [6.07, 6.45) is 3.03. The topological polar surface area (TPSA) is 75.2 Å². The minimum Gasteiger partial charge on any atom is -0.504 e. The number of thioether (sulfide) groups is 1. The van der Waals surface area contributed by atoms with Crippen molar-refractivity contribution in [2.45, 2.75) is 24.9 Å². The maximum atomic E-state index is 12.2. The molecule has 0 radical (unpaired) electrons. The highest BCUT2D eigenvalue weighted by atomic mass is 32.2. The highest BCUT2D eigenvalue weighted by Gasteiger charge is 2.12. The normalized spacial score (nSPS) is 10.6. The number of hydrogen-bond acceptors (Lipinski definition) is 5. The third-order valence-electron chi connectivity index (χ3n) is 3.23. The molecule has 0 bridgehead atoms. The molecule has 1 aromatic carbocycles. The molecule has 2 N–H and O–H groups in total. The summed E-state index contributed by atoms with van der Waals surface area (Å²) in [5.74, 6) is 0.484. The van der Waals surface area contributed by atoms with Gasteiger partial charge in [0.25, 0.3) is 5.56 Å². The van der Waals surface area contributed by atoms with E-state index in [2.05, 4.69) is 9.97 Å². The van der Waals surface area contributed by atoms with Crippen LogP contribution in [0.2, 0.25) is 0 Å². The van der Waals surface area contributed by atoms with Crippen LogP contribution >= 0.6 is 11.8 Å². The van der Waals surface area contributed by atoms with Crippen molar-refractivity contribution in [3.8, 4) is 11.5 Å². The zero-order chi connectivity index (χ0) is 15.4. The van der Waals surface area contributed by atoms with Gasteiger partial charge in [-0.05, 0) is 30.4 Å². The van der Waals surface area contributed by atoms with Crippen LogP contribution in [0.4, 0.5) is 0 Å². The van der Waals surface area contributed by atoms with E-state index in [1.165, 1.54) is 18.9 Å². The molecule has 0 atom stereocenters. The molecule has 0 aliphatic heterocycles. The number of aromatic hydroxyl groups is 1. The lowest BCUT2D eigenvalue weighted by atomic mass is 10.0. The van der Waals surface area contributed by atoms with Gasteiger partial charge in [0.2, 0.25) is 0 Å². The molecule has 0 amide bonds. The maximum absolute atomic E-state index is 12.2. The van der Waals surface area contributed by atoms with Crippen LogP contribution in [0.1, 0.15) is 23.7 Å². The molecule has 5 nitrogen and oxygen atoms in total. The number of nitrogens with zero attached hydrogens (tertiary/aromatic N) is 1. The SMILES string of the molecule is CCc1nc(SC)[nH]c(=O)c1Cc1ccc(O)c(OC)c1. The Balaban J connectivity index is 2.41. The van der Waals surface area contributed by atoms with E-state index in [1.807, 2.05) is 13.2 Å². The zero-order valence-electron chi connectivity index (χ0n) is 12.3. The van der Waals surface area contributed by atoms with Gasteiger partial charge in [0.15, 0.2) is 16.7 Å². The van der Waals surface area contributed by atoms with Crippen LogP contribution in [-0.4, -0.2) is 28.4 Å². The second-order valence-corrected chi connectivity index (χ2v) is 5.33. The number of nitrogens with one attached hydrogen (secondary N) is 1. The summed E-state index contributed by atoms with van der Waals surface area (Å²) >= 11 is 1.42. The minimum absolute atomic E-state index is 0.0849. The van der Waals surface area contributed by atoms with Gasteiger partial charge in [-0.1, -0.05) is 24.8 Å². The average molecular weight is 306 g/mol. The van der Waals surface area contributed by atoms with E-state index in [-0.39, 0.29) is 11.3 Å². The average Bonchev–Trinajstić information content (AvgIpc) is 2.50. The van der Waals surface area contributed by atoms with E-state index in [0.29, 0.717) is 29.3 Å². The summed E-state index contributed by atoms with van der Waals surface area (Å²) in [6.45, 7) is 1.98. The lowest BCUT2D eigenvalue weighted by Gasteiger charge is -2.10. The van der Waals surface area contributed by atoms with Crippen LogP contribution in [0.15, 0.2) is 28.2 Å². The largest absolute Gasteiger partial charge is 0.504 e. The van der Waals surface area contributed by atoms with Crippen molar-refractivity contribution in [1.82, 2.24) is 9.97 Å². The second kappa shape index (κ2) is 6.67. The summed E-state index contributed by atoms with van der Waals surface area (Å²) in [4.78, 5) is 19.4. The monoisotopic (exact) mass is 306 g/mol. The van der Waals surface area contributed by atoms with Crippen molar-refractivity contribution in [2.75, 3.05) is 13.4 Å². The number of methoxy groups -OCH3 is 1. The summed E-state index contributed by atoms with van der Waals surface area (Å²) in [5, 5.41) is 10.2. The first-order valence-electron chi connectivity index (χ1n) is 6.61. The number of phenolic OH excluding ortho intramolecular Hbond substituents is 1. The number of aromatic amines is 1. The third-order valence-corrected chi connectivity index (χ3v) is 3.81. The van der Waals surface area contributed by atoms with E-state index in [1.54, 1.807) is 18.2 Å². The lowest BCUT2D eigenvalue weighted by Crippen LogP contribution is -2.18. The quantitative estimate of drug-likeness (QED) is 0.655. The van der Waals surface area contributed by atoms with Gasteiger partial charge in [0, 0.05) is 12.0 Å². The molecule has 21 heavy (non-hydrogen) atoms. The van der Waals surface area contributed by atoms with Crippen LogP contribution in [0.5, 0.6) is 11.5 Å². The molecule has 0 unspecified atom stereocenters. The van der Waals surface area contributed by atoms with Gasteiger partial charge >= 0.3 is 0 Å². The van der Waals surface area contributed by atoms with E-state index in [4.69, 9.17) is 4.74 Å². The Morgan fingerprint density at radius 1 is 1.43 bits per heavy atom. The molecular formula is C15H18N2O3S. The molecule has 0 fully saturated rings. The third kappa shape index (κ3) is 3.39. The molecule has 0 saturated heterocycles. The van der Waals surface area contributed by atoms with Crippen LogP contribution in [0.3, 0.4) is 0 Å². The molecule has 0 aliphatic carbocycles. The molecule has 1 aromatic heterocycles. The Hall–Kier alpha value is -1.95. The number of H-pyrrole nitrogens is 1. The minimum atomic E-state index is -0.113. The zero-order valence-corrected chi connectivity index (χ0v) is 13.1. The van der Waals surface area contributed by atoms with Crippen molar-refractivity contribution in [1.29, 1.82) is 0 Å². The Morgan fingerprint density at radius 3 is 2.81 bits per heavy atom. The fraction of sp³-hybridized carbons (Fsp3) is 0.333. The van der Waals surface area contributed by atoms with E-state index < -0.39 is 0 Å². The van der Waals surface area contributed by atoms with E-state index in [9.17, 15) is 9.90 Å². The molecule has 0 aliphatic rings. The highest BCUT2D eigenvalue weighted by molar-refractivity contribution is 7.98. The van der Waals surface area contributed by atoms with Crippen molar-refractivity contribution in [3.63, 3.8) is 0 Å². The predicted octanol–water partition coefficient (Wildman–Crippen LogP) is 2.36. The highest BCUT2D eigenvalue weighted by Crippen LogP contribution is 2.27. The van der Waals surface area contributed by atoms with Crippen LogP contribution in [-0.2, 0) is 12.8 Å². The first kappa shape index (κ1) is 15.4. The number of hydrogen-bond donors (Lipinski definition) is 2. The number of benzene rings is 1. The van der Waals surface area contributed by atoms with Crippen LogP contribution in [0.25, 0.3) is 0 Å². The summed E-state index contributed by atoms with van der Waals surface area (Å²) < 4.78 is 5.09. The van der Waals surface area contributed by atoms with Crippen molar-refractivity contribution in [3.05, 3.63) is 45.4 Å². The molecule has 2 rings (SSSR count). The fourth-order valence-electron chi connectivity index (χ4n) is 2.13. The lowest BCUT2D eigenvalue weighted by molar-refractivity contribution is 0.373. The van der Waals surface area contributed by atoms with Gasteiger partial charge in [-0.15, -0.1) is 0 Å². The van der Waals surface area contributed by atoms with Crippen LogP contribution in [0, 0.1) is 0 Å². The number of aryl methyl sites for hydroxylation is 1. The summed E-state index contributed by atoms with van der Waals surface area (Å²) in [6, 6.07) is 5.08. The van der Waals surface area contributed by atoms with E-state index >= 15 is 0 Å². The van der Waals surface area contributed by atoms with Crippen LogP contribution < -0.4 is 10.3 Å². The van der Waals surface area contributed by atoms with Gasteiger partial charge in [-0.25, -0.2) is 4.98 Å². The number of rotatable bonds is 5. The maximum Gasteiger partial charge on any atom is 0.255 e. The Kier molecular flexibility index (Phi) is 4.90. The molecule has 1 heterocycles. The predicted molar refractivity (Wildman–Crippen MR) is 83.5 cm³/mol. The first-order chi connectivity index (χ1) is 10.1.